The molecule has 0 aliphatic heterocycles. The summed E-state index contributed by atoms with van der Waals surface area (Å²) in [5.74, 6) is -0.351. The van der Waals surface area contributed by atoms with Crippen molar-refractivity contribution < 1.29 is 19.6 Å². The van der Waals surface area contributed by atoms with Gasteiger partial charge in [-0.25, -0.2) is 5.48 Å². The Morgan fingerprint density at radius 2 is 2.24 bits per heavy atom. The summed E-state index contributed by atoms with van der Waals surface area (Å²) in [4.78, 5) is 20.5. The Balaban J connectivity index is 2.51. The zero-order valence-corrected chi connectivity index (χ0v) is 9.58. The lowest BCUT2D eigenvalue weighted by Crippen LogP contribution is -2.32. The van der Waals surface area contributed by atoms with Gasteiger partial charge in [-0.3, -0.25) is 9.63 Å². The second-order valence-corrected chi connectivity index (χ2v) is 3.21. The fourth-order valence-electron chi connectivity index (χ4n) is 1.01. The predicted molar refractivity (Wildman–Crippen MR) is 61.4 cm³/mol. The third-order valence-corrected chi connectivity index (χ3v) is 1.92. The lowest BCUT2D eigenvalue weighted by atomic mass is 10.2. The van der Waals surface area contributed by atoms with Crippen LogP contribution in [0.2, 0.25) is 0 Å². The van der Waals surface area contributed by atoms with Gasteiger partial charge in [-0.15, -0.1) is 0 Å². The van der Waals surface area contributed by atoms with Crippen LogP contribution in [0, 0.1) is 0 Å². The van der Waals surface area contributed by atoms with Crippen LogP contribution in [0.15, 0.2) is 29.4 Å². The number of hydrogen-bond donors (Lipinski definition) is 2. The number of para-hydroxylation sites is 1. The summed E-state index contributed by atoms with van der Waals surface area (Å²) in [6.45, 7) is 1.52. The maximum absolute atomic E-state index is 11.2. The monoisotopic (exact) mass is 238 g/mol. The van der Waals surface area contributed by atoms with Crippen LogP contribution in [-0.2, 0) is 14.5 Å². The van der Waals surface area contributed by atoms with Crippen LogP contribution in [0.5, 0.6) is 5.75 Å². The van der Waals surface area contributed by atoms with E-state index in [0.29, 0.717) is 5.56 Å². The van der Waals surface area contributed by atoms with Gasteiger partial charge in [-0.2, -0.15) is 0 Å². The summed E-state index contributed by atoms with van der Waals surface area (Å²) in [6, 6.07) is 6.65. The molecule has 92 valence electrons. The lowest BCUT2D eigenvalue weighted by molar-refractivity contribution is -0.142. The van der Waals surface area contributed by atoms with E-state index in [1.165, 1.54) is 26.3 Å². The molecule has 0 fully saturated rings. The standard InChI is InChI=1S/C11H14N2O4/c1-8(11(15)13-16-2)17-12-7-9-5-3-4-6-10(9)14/h3-8,14H,1-2H3,(H,13,15)/b12-7+/t8-/m1/s1. The average Bonchev–Trinajstić information content (AvgIpc) is 2.31. The van der Waals surface area contributed by atoms with Gasteiger partial charge < -0.3 is 9.94 Å². The van der Waals surface area contributed by atoms with Crippen molar-refractivity contribution in [3.05, 3.63) is 29.8 Å². The minimum atomic E-state index is -0.781. The Hall–Kier alpha value is -2.08. The summed E-state index contributed by atoms with van der Waals surface area (Å²) >= 11 is 0. The quantitative estimate of drug-likeness (QED) is 0.587. The molecular weight excluding hydrogens is 224 g/mol. The summed E-state index contributed by atoms with van der Waals surface area (Å²) < 4.78 is 0. The molecule has 1 aromatic rings. The molecule has 1 atom stereocenters. The number of nitrogens with one attached hydrogen (secondary N) is 1. The molecule has 0 heterocycles. The zero-order chi connectivity index (χ0) is 12.7. The van der Waals surface area contributed by atoms with Crippen molar-refractivity contribution in [2.24, 2.45) is 5.16 Å². The van der Waals surface area contributed by atoms with Crippen molar-refractivity contribution in [2.45, 2.75) is 13.0 Å². The van der Waals surface area contributed by atoms with E-state index < -0.39 is 12.0 Å². The molecule has 0 aliphatic carbocycles. The van der Waals surface area contributed by atoms with E-state index in [9.17, 15) is 9.90 Å². The molecular formula is C11H14N2O4. The molecule has 0 aromatic heterocycles. The molecule has 0 bridgehead atoms. The molecule has 1 rings (SSSR count). The number of phenolic OH excluding ortho intramolecular Hbond substituents is 1. The highest BCUT2D eigenvalue weighted by Gasteiger charge is 2.12. The van der Waals surface area contributed by atoms with E-state index in [0.717, 1.165) is 0 Å². The fourth-order valence-corrected chi connectivity index (χ4v) is 1.01. The highest BCUT2D eigenvalue weighted by atomic mass is 16.7. The van der Waals surface area contributed by atoms with Crippen molar-refractivity contribution in [3.63, 3.8) is 0 Å². The summed E-state index contributed by atoms with van der Waals surface area (Å²) in [7, 11) is 1.33. The van der Waals surface area contributed by atoms with Crippen molar-refractivity contribution in [3.8, 4) is 5.75 Å². The molecule has 0 saturated carbocycles. The van der Waals surface area contributed by atoms with Crippen LogP contribution in [0.3, 0.4) is 0 Å². The molecule has 2 N–H and O–H groups in total. The van der Waals surface area contributed by atoms with E-state index in [1.807, 2.05) is 0 Å². The third-order valence-electron chi connectivity index (χ3n) is 1.92. The number of oxime groups is 1. The molecule has 1 aromatic carbocycles. The minimum Gasteiger partial charge on any atom is -0.507 e. The number of carbonyl (C=O) groups excluding carboxylic acids is 1. The fraction of sp³-hybridized carbons (Fsp3) is 0.273. The Morgan fingerprint density at radius 1 is 1.53 bits per heavy atom. The number of nitrogens with zero attached hydrogens (tertiary/aromatic N) is 1. The van der Waals surface area contributed by atoms with Gasteiger partial charge in [0.25, 0.3) is 5.91 Å². The molecule has 0 radical (unpaired) electrons. The van der Waals surface area contributed by atoms with Crippen molar-refractivity contribution in [2.75, 3.05) is 7.11 Å². The highest BCUT2D eigenvalue weighted by molar-refractivity contribution is 5.83. The number of phenols is 1. The first-order chi connectivity index (χ1) is 8.15. The molecule has 6 heteroatoms. The van der Waals surface area contributed by atoms with Gasteiger partial charge in [0, 0.05) is 5.56 Å². The first kappa shape index (κ1) is 13.0. The van der Waals surface area contributed by atoms with Gasteiger partial charge in [-0.1, -0.05) is 17.3 Å². The molecule has 17 heavy (non-hydrogen) atoms. The van der Waals surface area contributed by atoms with Gasteiger partial charge >= 0.3 is 0 Å². The SMILES string of the molecule is CONC(=O)[C@@H](C)O/N=C/c1ccccc1O. The smallest absolute Gasteiger partial charge is 0.287 e. The molecule has 0 unspecified atom stereocenters. The molecule has 0 aliphatic rings. The molecule has 1 amide bonds. The summed E-state index contributed by atoms with van der Waals surface area (Å²) in [5, 5.41) is 13.0. The van der Waals surface area contributed by atoms with Gasteiger partial charge in [0.05, 0.1) is 13.3 Å². The van der Waals surface area contributed by atoms with Crippen molar-refractivity contribution in [1.82, 2.24) is 5.48 Å². The van der Waals surface area contributed by atoms with Gasteiger partial charge in [0.2, 0.25) is 6.10 Å². The maximum atomic E-state index is 11.2. The van der Waals surface area contributed by atoms with E-state index in [2.05, 4.69) is 15.5 Å². The number of carbonyl (C=O) groups is 1. The van der Waals surface area contributed by atoms with E-state index in [1.54, 1.807) is 18.2 Å². The average molecular weight is 238 g/mol. The minimum absolute atomic E-state index is 0.0915. The van der Waals surface area contributed by atoms with Gasteiger partial charge in [-0.05, 0) is 19.1 Å². The highest BCUT2D eigenvalue weighted by Crippen LogP contribution is 2.12. The zero-order valence-electron chi connectivity index (χ0n) is 9.58. The number of hydrogen-bond acceptors (Lipinski definition) is 5. The predicted octanol–water partition coefficient (Wildman–Crippen LogP) is 0.809. The topological polar surface area (TPSA) is 80.2 Å². The van der Waals surface area contributed by atoms with Crippen LogP contribution in [0.4, 0.5) is 0 Å². The van der Waals surface area contributed by atoms with Crippen LogP contribution >= 0.6 is 0 Å². The Kier molecular flexibility index (Phi) is 4.96. The maximum Gasteiger partial charge on any atom is 0.287 e. The molecule has 0 spiro atoms. The summed E-state index contributed by atoms with van der Waals surface area (Å²) in [5.41, 5.74) is 2.62. The van der Waals surface area contributed by atoms with E-state index >= 15 is 0 Å². The second kappa shape index (κ2) is 6.49. The van der Waals surface area contributed by atoms with Crippen molar-refractivity contribution in [1.29, 1.82) is 0 Å². The van der Waals surface area contributed by atoms with Crippen LogP contribution in [0.1, 0.15) is 12.5 Å². The number of hydroxylamine groups is 1. The van der Waals surface area contributed by atoms with Crippen LogP contribution in [0.25, 0.3) is 0 Å². The lowest BCUT2D eigenvalue weighted by Gasteiger charge is -2.08. The largest absolute Gasteiger partial charge is 0.507 e. The normalized spacial score (nSPS) is 12.4. The van der Waals surface area contributed by atoms with Crippen LogP contribution < -0.4 is 5.48 Å². The van der Waals surface area contributed by atoms with Gasteiger partial charge in [0.1, 0.15) is 5.75 Å². The number of amides is 1. The Labute approximate surface area is 98.8 Å². The number of aromatic hydroxyl groups is 1. The summed E-state index contributed by atoms with van der Waals surface area (Å²) in [6.07, 6.45) is 0.545. The van der Waals surface area contributed by atoms with E-state index in [4.69, 9.17) is 4.84 Å². The molecule has 6 nitrogen and oxygen atoms in total. The van der Waals surface area contributed by atoms with E-state index in [-0.39, 0.29) is 5.75 Å². The number of benzene rings is 1. The Morgan fingerprint density at radius 3 is 2.88 bits per heavy atom. The molecule has 0 saturated heterocycles. The number of rotatable bonds is 5. The first-order valence-electron chi connectivity index (χ1n) is 4.95. The first-order valence-corrected chi connectivity index (χ1v) is 4.95. The Bertz CT molecular complexity index is 406. The second-order valence-electron chi connectivity index (χ2n) is 3.21. The van der Waals surface area contributed by atoms with Crippen molar-refractivity contribution >= 4 is 12.1 Å². The third kappa shape index (κ3) is 4.12. The van der Waals surface area contributed by atoms with Crippen LogP contribution in [-0.4, -0.2) is 30.4 Å². The van der Waals surface area contributed by atoms with Gasteiger partial charge in [0.15, 0.2) is 0 Å².